The van der Waals surface area contributed by atoms with E-state index < -0.39 is 0 Å². The van der Waals surface area contributed by atoms with Gasteiger partial charge >= 0.3 is 0 Å². The summed E-state index contributed by atoms with van der Waals surface area (Å²) in [5.74, 6) is 1.53. The van der Waals surface area contributed by atoms with E-state index in [1.54, 1.807) is 12.4 Å². The average Bonchev–Trinajstić information content (AvgIpc) is 2.46. The Balaban J connectivity index is 2.48. The number of anilines is 1. The molecule has 0 saturated heterocycles. The monoisotopic (exact) mass is 398 g/mol. The van der Waals surface area contributed by atoms with Crippen LogP contribution in [-0.4, -0.2) is 21.5 Å². The highest BCUT2D eigenvalue weighted by Crippen LogP contribution is 2.28. The van der Waals surface area contributed by atoms with Crippen LogP contribution in [0.25, 0.3) is 11.4 Å². The molecule has 2 aromatic heterocycles. The van der Waals surface area contributed by atoms with Crippen LogP contribution < -0.4 is 5.32 Å². The molecule has 0 unspecified atom stereocenters. The highest BCUT2D eigenvalue weighted by atomic mass is 79.9. The molecular formula is C14H16Br2N4. The fourth-order valence-electron chi connectivity index (χ4n) is 1.75. The summed E-state index contributed by atoms with van der Waals surface area (Å²) >= 11 is 7.01. The van der Waals surface area contributed by atoms with Gasteiger partial charge in [0, 0.05) is 29.0 Å². The van der Waals surface area contributed by atoms with Gasteiger partial charge in [0.2, 0.25) is 0 Å². The molecule has 0 aromatic carbocycles. The first-order chi connectivity index (χ1) is 9.65. The summed E-state index contributed by atoms with van der Waals surface area (Å²) < 4.78 is 1.86. The summed E-state index contributed by atoms with van der Waals surface area (Å²) in [4.78, 5) is 13.4. The van der Waals surface area contributed by atoms with E-state index in [2.05, 4.69) is 66.0 Å². The van der Waals surface area contributed by atoms with Crippen molar-refractivity contribution in [2.75, 3.05) is 11.9 Å². The van der Waals surface area contributed by atoms with Crippen LogP contribution in [0, 0.1) is 0 Å². The zero-order chi connectivity index (χ0) is 14.5. The third-order valence-electron chi connectivity index (χ3n) is 2.76. The summed E-state index contributed by atoms with van der Waals surface area (Å²) in [6.45, 7) is 5.09. The fraction of sp³-hybridized carbons (Fsp3) is 0.357. The maximum Gasteiger partial charge on any atom is 0.163 e. The molecule has 0 atom stereocenters. The zero-order valence-electron chi connectivity index (χ0n) is 11.5. The number of hydrogen-bond acceptors (Lipinski definition) is 4. The zero-order valence-corrected chi connectivity index (χ0v) is 14.6. The summed E-state index contributed by atoms with van der Waals surface area (Å²) in [5.41, 5.74) is 1.90. The lowest BCUT2D eigenvalue weighted by Crippen LogP contribution is -2.07. The number of aromatic nitrogens is 3. The number of halogens is 2. The summed E-state index contributed by atoms with van der Waals surface area (Å²) in [7, 11) is 0. The van der Waals surface area contributed by atoms with E-state index in [4.69, 9.17) is 0 Å². The Morgan fingerprint density at radius 1 is 1.15 bits per heavy atom. The van der Waals surface area contributed by atoms with E-state index in [-0.39, 0.29) is 0 Å². The molecule has 0 bridgehead atoms. The van der Waals surface area contributed by atoms with Gasteiger partial charge in [-0.05, 0) is 50.8 Å². The van der Waals surface area contributed by atoms with E-state index in [9.17, 15) is 0 Å². The highest BCUT2D eigenvalue weighted by molar-refractivity contribution is 9.11. The minimum absolute atomic E-state index is 0.692. The number of rotatable bonds is 5. The van der Waals surface area contributed by atoms with Gasteiger partial charge in [-0.2, -0.15) is 0 Å². The van der Waals surface area contributed by atoms with E-state index in [1.807, 2.05) is 6.07 Å². The fourth-order valence-corrected chi connectivity index (χ4v) is 2.71. The van der Waals surface area contributed by atoms with Gasteiger partial charge in [-0.25, -0.2) is 9.97 Å². The Labute approximate surface area is 135 Å². The van der Waals surface area contributed by atoms with Crippen molar-refractivity contribution in [1.29, 1.82) is 0 Å². The van der Waals surface area contributed by atoms with Crippen molar-refractivity contribution in [3.63, 3.8) is 0 Å². The second-order valence-electron chi connectivity index (χ2n) is 4.33. The molecule has 6 heteroatoms. The lowest BCUT2D eigenvalue weighted by Gasteiger charge is -2.12. The predicted octanol–water partition coefficient (Wildman–Crippen LogP) is 4.45. The van der Waals surface area contributed by atoms with Crippen LogP contribution in [0.3, 0.4) is 0 Å². The van der Waals surface area contributed by atoms with Crippen LogP contribution in [-0.2, 0) is 6.42 Å². The van der Waals surface area contributed by atoms with E-state index >= 15 is 0 Å². The van der Waals surface area contributed by atoms with Crippen molar-refractivity contribution in [3.05, 3.63) is 33.1 Å². The Hall–Kier alpha value is -1.01. The van der Waals surface area contributed by atoms with E-state index in [0.29, 0.717) is 5.82 Å². The maximum atomic E-state index is 4.61. The molecule has 0 aliphatic rings. The van der Waals surface area contributed by atoms with Gasteiger partial charge in [0.1, 0.15) is 5.82 Å². The molecule has 1 N–H and O–H groups in total. The standard InChI is InChI=1S/C14H16Br2N4/c1-3-5-18-14-12(16)11(4-2)19-13(20-14)9-6-10(15)8-17-7-9/h6-8H,3-5H2,1-2H3,(H,18,19,20). The van der Waals surface area contributed by atoms with Gasteiger partial charge in [-0.15, -0.1) is 0 Å². The number of hydrogen-bond donors (Lipinski definition) is 1. The first kappa shape index (κ1) is 15.4. The lowest BCUT2D eigenvalue weighted by atomic mass is 10.2. The maximum absolute atomic E-state index is 4.61. The van der Waals surface area contributed by atoms with Crippen LogP contribution >= 0.6 is 31.9 Å². The number of pyridine rings is 1. The van der Waals surface area contributed by atoms with Gasteiger partial charge in [0.25, 0.3) is 0 Å². The molecule has 0 spiro atoms. The van der Waals surface area contributed by atoms with Crippen LogP contribution in [0.2, 0.25) is 0 Å². The van der Waals surface area contributed by atoms with Gasteiger partial charge in [-0.3, -0.25) is 4.98 Å². The van der Waals surface area contributed by atoms with Crippen molar-refractivity contribution < 1.29 is 0 Å². The second-order valence-corrected chi connectivity index (χ2v) is 6.04. The minimum atomic E-state index is 0.692. The van der Waals surface area contributed by atoms with Crippen LogP contribution in [0.4, 0.5) is 5.82 Å². The first-order valence-electron chi connectivity index (χ1n) is 6.56. The molecule has 0 radical (unpaired) electrons. The van der Waals surface area contributed by atoms with Crippen LogP contribution in [0.1, 0.15) is 26.0 Å². The quantitative estimate of drug-likeness (QED) is 0.806. The van der Waals surface area contributed by atoms with Crippen LogP contribution in [0.5, 0.6) is 0 Å². The van der Waals surface area contributed by atoms with Crippen molar-refractivity contribution >= 4 is 37.7 Å². The smallest absolute Gasteiger partial charge is 0.163 e. The summed E-state index contributed by atoms with van der Waals surface area (Å²) in [6, 6.07) is 1.97. The Bertz CT molecular complexity index is 602. The SMILES string of the molecule is CCCNc1nc(-c2cncc(Br)c2)nc(CC)c1Br. The Morgan fingerprint density at radius 3 is 2.60 bits per heavy atom. The molecule has 4 nitrogen and oxygen atoms in total. The largest absolute Gasteiger partial charge is 0.369 e. The predicted molar refractivity (Wildman–Crippen MR) is 88.8 cm³/mol. The highest BCUT2D eigenvalue weighted by Gasteiger charge is 2.12. The number of nitrogens with one attached hydrogen (secondary N) is 1. The van der Waals surface area contributed by atoms with Gasteiger partial charge in [-0.1, -0.05) is 13.8 Å². The third-order valence-corrected chi connectivity index (χ3v) is 4.03. The number of nitrogens with zero attached hydrogens (tertiary/aromatic N) is 3. The second kappa shape index (κ2) is 7.13. The van der Waals surface area contributed by atoms with Crippen molar-refractivity contribution in [2.45, 2.75) is 26.7 Å². The van der Waals surface area contributed by atoms with Gasteiger partial charge in [0.05, 0.1) is 10.2 Å². The van der Waals surface area contributed by atoms with E-state index in [1.165, 1.54) is 0 Å². The molecular weight excluding hydrogens is 384 g/mol. The normalized spacial score (nSPS) is 10.6. The average molecular weight is 400 g/mol. The minimum Gasteiger partial charge on any atom is -0.369 e. The van der Waals surface area contributed by atoms with Crippen LogP contribution in [0.15, 0.2) is 27.4 Å². The molecule has 20 heavy (non-hydrogen) atoms. The molecule has 0 aliphatic carbocycles. The molecule has 0 fully saturated rings. The molecule has 106 valence electrons. The Kier molecular flexibility index (Phi) is 5.48. The molecule has 0 saturated carbocycles. The van der Waals surface area contributed by atoms with Gasteiger partial charge < -0.3 is 5.32 Å². The lowest BCUT2D eigenvalue weighted by molar-refractivity contribution is 0.943. The topological polar surface area (TPSA) is 50.7 Å². The molecule has 2 rings (SSSR count). The molecule has 0 amide bonds. The molecule has 2 aromatic rings. The summed E-state index contributed by atoms with van der Waals surface area (Å²) in [5, 5.41) is 3.33. The van der Waals surface area contributed by atoms with Crippen molar-refractivity contribution in [2.24, 2.45) is 0 Å². The van der Waals surface area contributed by atoms with Gasteiger partial charge in [0.15, 0.2) is 5.82 Å². The summed E-state index contributed by atoms with van der Waals surface area (Å²) in [6.07, 6.45) is 5.42. The van der Waals surface area contributed by atoms with Crippen molar-refractivity contribution in [1.82, 2.24) is 15.0 Å². The number of aryl methyl sites for hydroxylation is 1. The third kappa shape index (κ3) is 3.55. The van der Waals surface area contributed by atoms with E-state index in [0.717, 1.165) is 45.4 Å². The van der Waals surface area contributed by atoms with Crippen molar-refractivity contribution in [3.8, 4) is 11.4 Å². The first-order valence-corrected chi connectivity index (χ1v) is 8.15. The Morgan fingerprint density at radius 2 is 1.95 bits per heavy atom. The molecule has 0 aliphatic heterocycles. The molecule has 2 heterocycles.